The van der Waals surface area contributed by atoms with Gasteiger partial charge < -0.3 is 0 Å². The number of hydrogen-bond donors (Lipinski definition) is 0. The summed E-state index contributed by atoms with van der Waals surface area (Å²) in [4.78, 5) is 10.6. The largest absolute Gasteiger partial charge is 0.275 e. The average Bonchev–Trinajstić information content (AvgIpc) is 2.03. The number of nitrogens with zero attached hydrogens (tertiary/aromatic N) is 1. The van der Waals surface area contributed by atoms with Gasteiger partial charge in [0.1, 0.15) is 11.9 Å². The molecule has 0 atom stereocenters. The summed E-state index contributed by atoms with van der Waals surface area (Å²) in [5.74, 6) is -0.769. The minimum Gasteiger partial charge on any atom is -0.275 e. The third kappa shape index (κ3) is 1.44. The van der Waals surface area contributed by atoms with Gasteiger partial charge in [-0.2, -0.15) is 5.26 Å². The number of nitriles is 1. The maximum atomic E-state index is 12.8. The first-order valence-corrected chi connectivity index (χ1v) is 3.43. The van der Waals surface area contributed by atoms with Crippen molar-refractivity contribution in [3.8, 4) is 6.07 Å². The lowest BCUT2D eigenvalue weighted by Crippen LogP contribution is -1.98. The van der Waals surface area contributed by atoms with E-state index < -0.39 is 11.1 Å². The number of hydrogen-bond acceptors (Lipinski definition) is 2. The molecular formula is C8H3ClFNO. The topological polar surface area (TPSA) is 40.9 Å². The molecule has 0 aliphatic heterocycles. The first-order chi connectivity index (χ1) is 5.66. The molecule has 0 heterocycles. The van der Waals surface area contributed by atoms with E-state index in [9.17, 15) is 9.18 Å². The van der Waals surface area contributed by atoms with Gasteiger partial charge in [-0.25, -0.2) is 4.39 Å². The molecule has 0 unspecified atom stereocenters. The van der Waals surface area contributed by atoms with Gasteiger partial charge in [0.15, 0.2) is 0 Å². The molecule has 0 aromatic heterocycles. The van der Waals surface area contributed by atoms with Gasteiger partial charge in [0.25, 0.3) is 5.24 Å². The molecule has 0 N–H and O–H groups in total. The van der Waals surface area contributed by atoms with Crippen LogP contribution in [0, 0.1) is 17.1 Å². The van der Waals surface area contributed by atoms with E-state index in [0.29, 0.717) is 0 Å². The van der Waals surface area contributed by atoms with E-state index >= 15 is 0 Å². The molecule has 0 radical (unpaired) electrons. The zero-order valence-electron chi connectivity index (χ0n) is 5.84. The molecule has 0 bridgehead atoms. The zero-order chi connectivity index (χ0) is 9.14. The van der Waals surface area contributed by atoms with Crippen LogP contribution in [0.15, 0.2) is 18.2 Å². The van der Waals surface area contributed by atoms with Crippen molar-refractivity contribution in [3.05, 3.63) is 35.1 Å². The Morgan fingerprint density at radius 2 is 2.25 bits per heavy atom. The van der Waals surface area contributed by atoms with Gasteiger partial charge in [0, 0.05) is 0 Å². The van der Waals surface area contributed by atoms with Gasteiger partial charge in [-0.3, -0.25) is 4.79 Å². The van der Waals surface area contributed by atoms with Gasteiger partial charge in [-0.1, -0.05) is 6.07 Å². The number of carbonyl (C=O) groups excluding carboxylic acids is 1. The highest BCUT2D eigenvalue weighted by molar-refractivity contribution is 6.68. The van der Waals surface area contributed by atoms with Crippen LogP contribution in [0.2, 0.25) is 0 Å². The Hall–Kier alpha value is -1.40. The van der Waals surface area contributed by atoms with E-state index in [1.54, 1.807) is 6.07 Å². The summed E-state index contributed by atoms with van der Waals surface area (Å²) in [6.07, 6.45) is 0. The normalized spacial score (nSPS) is 9.08. The van der Waals surface area contributed by atoms with E-state index in [2.05, 4.69) is 0 Å². The fourth-order valence-electron chi connectivity index (χ4n) is 0.817. The summed E-state index contributed by atoms with van der Waals surface area (Å²) in [6.45, 7) is 0. The number of benzene rings is 1. The van der Waals surface area contributed by atoms with Crippen molar-refractivity contribution in [2.45, 2.75) is 0 Å². The van der Waals surface area contributed by atoms with Gasteiger partial charge >= 0.3 is 0 Å². The third-order valence-electron chi connectivity index (χ3n) is 1.33. The lowest BCUT2D eigenvalue weighted by molar-refractivity contribution is 0.107. The van der Waals surface area contributed by atoms with Crippen LogP contribution >= 0.6 is 11.6 Å². The fraction of sp³-hybridized carbons (Fsp3) is 0. The van der Waals surface area contributed by atoms with Crippen LogP contribution in [0.5, 0.6) is 0 Å². The SMILES string of the molecule is N#Cc1cccc(F)c1C(=O)Cl. The Balaban J connectivity index is 3.42. The van der Waals surface area contributed by atoms with Crippen molar-refractivity contribution in [3.63, 3.8) is 0 Å². The van der Waals surface area contributed by atoms with Crippen LogP contribution in [0.3, 0.4) is 0 Å². The van der Waals surface area contributed by atoms with E-state index in [-0.39, 0.29) is 11.1 Å². The monoisotopic (exact) mass is 183 g/mol. The van der Waals surface area contributed by atoms with Crippen molar-refractivity contribution in [2.75, 3.05) is 0 Å². The Labute approximate surface area is 73.2 Å². The van der Waals surface area contributed by atoms with Crippen LogP contribution in [-0.4, -0.2) is 5.24 Å². The van der Waals surface area contributed by atoms with Crippen molar-refractivity contribution in [2.24, 2.45) is 0 Å². The third-order valence-corrected chi connectivity index (χ3v) is 1.52. The van der Waals surface area contributed by atoms with E-state index in [1.165, 1.54) is 12.1 Å². The summed E-state index contributed by atoms with van der Waals surface area (Å²) in [5, 5.41) is 7.51. The standard InChI is InChI=1S/C8H3ClFNO/c9-8(12)7-5(4-11)2-1-3-6(7)10/h1-3H. The molecule has 60 valence electrons. The summed E-state index contributed by atoms with van der Waals surface area (Å²) in [7, 11) is 0. The molecule has 0 spiro atoms. The highest BCUT2D eigenvalue weighted by Gasteiger charge is 2.13. The van der Waals surface area contributed by atoms with Crippen LogP contribution in [0.25, 0.3) is 0 Å². The molecule has 0 amide bonds. The molecule has 1 aromatic carbocycles. The predicted octanol–water partition coefficient (Wildman–Crippen LogP) is 2.08. The summed E-state index contributed by atoms with van der Waals surface area (Å²) < 4.78 is 12.8. The van der Waals surface area contributed by atoms with E-state index in [4.69, 9.17) is 16.9 Å². The molecule has 2 nitrogen and oxygen atoms in total. The molecular weight excluding hydrogens is 181 g/mol. The quantitative estimate of drug-likeness (QED) is 0.626. The lowest BCUT2D eigenvalue weighted by Gasteiger charge is -1.97. The second-order valence-corrected chi connectivity index (χ2v) is 2.39. The Kier molecular flexibility index (Phi) is 2.41. The first-order valence-electron chi connectivity index (χ1n) is 3.05. The van der Waals surface area contributed by atoms with Gasteiger partial charge in [0.05, 0.1) is 11.1 Å². The van der Waals surface area contributed by atoms with Crippen molar-refractivity contribution < 1.29 is 9.18 Å². The second-order valence-electron chi connectivity index (χ2n) is 2.05. The minimum absolute atomic E-state index is 0.0463. The molecule has 0 saturated heterocycles. The Morgan fingerprint density at radius 3 is 2.67 bits per heavy atom. The summed E-state index contributed by atoms with van der Waals surface area (Å²) >= 11 is 5.06. The van der Waals surface area contributed by atoms with Crippen LogP contribution in [-0.2, 0) is 0 Å². The Morgan fingerprint density at radius 1 is 1.58 bits per heavy atom. The Bertz CT molecular complexity index is 370. The average molecular weight is 184 g/mol. The fourth-order valence-corrected chi connectivity index (χ4v) is 1.01. The van der Waals surface area contributed by atoms with Gasteiger partial charge in [-0.15, -0.1) is 0 Å². The minimum atomic E-state index is -0.954. The summed E-state index contributed by atoms with van der Waals surface area (Å²) in [5.41, 5.74) is -0.406. The van der Waals surface area contributed by atoms with Crippen LogP contribution in [0.1, 0.15) is 15.9 Å². The van der Waals surface area contributed by atoms with E-state index in [1.807, 2.05) is 0 Å². The zero-order valence-corrected chi connectivity index (χ0v) is 6.60. The van der Waals surface area contributed by atoms with Crippen LogP contribution in [0.4, 0.5) is 4.39 Å². The van der Waals surface area contributed by atoms with Crippen LogP contribution < -0.4 is 0 Å². The molecule has 0 saturated carbocycles. The van der Waals surface area contributed by atoms with E-state index in [0.717, 1.165) is 6.07 Å². The maximum Gasteiger partial charge on any atom is 0.256 e. The smallest absolute Gasteiger partial charge is 0.256 e. The maximum absolute atomic E-state index is 12.8. The highest BCUT2D eigenvalue weighted by Crippen LogP contribution is 2.14. The van der Waals surface area contributed by atoms with Crippen molar-refractivity contribution >= 4 is 16.8 Å². The molecule has 4 heteroatoms. The summed E-state index contributed by atoms with van der Waals surface area (Å²) in [6, 6.07) is 5.43. The lowest BCUT2D eigenvalue weighted by atomic mass is 10.1. The number of carbonyl (C=O) groups is 1. The van der Waals surface area contributed by atoms with Crippen molar-refractivity contribution in [1.82, 2.24) is 0 Å². The second kappa shape index (κ2) is 3.33. The van der Waals surface area contributed by atoms with Gasteiger partial charge in [0.2, 0.25) is 0 Å². The number of halogens is 2. The molecule has 0 fully saturated rings. The molecule has 0 aliphatic carbocycles. The molecule has 0 aliphatic rings. The first kappa shape index (κ1) is 8.69. The predicted molar refractivity (Wildman–Crippen MR) is 41.3 cm³/mol. The van der Waals surface area contributed by atoms with Crippen molar-refractivity contribution in [1.29, 1.82) is 5.26 Å². The van der Waals surface area contributed by atoms with Gasteiger partial charge in [-0.05, 0) is 23.7 Å². The molecule has 1 rings (SSSR count). The number of rotatable bonds is 1. The highest BCUT2D eigenvalue weighted by atomic mass is 35.5. The molecule has 1 aromatic rings. The molecule has 12 heavy (non-hydrogen) atoms.